The number of hydrogen-bond donors (Lipinski definition) is 1. The molecule has 9 nitrogen and oxygen atoms in total. The minimum Gasteiger partial charge on any atom is -0.332 e. The van der Waals surface area contributed by atoms with Gasteiger partial charge in [-0.3, -0.25) is 28.9 Å². The van der Waals surface area contributed by atoms with Crippen LogP contribution in [0.15, 0.2) is 127 Å². The molecule has 9 heteroatoms. The van der Waals surface area contributed by atoms with Crippen molar-refractivity contribution in [1.29, 1.82) is 0 Å². The highest BCUT2D eigenvalue weighted by molar-refractivity contribution is 6.21. The van der Waals surface area contributed by atoms with E-state index in [4.69, 9.17) is 0 Å². The summed E-state index contributed by atoms with van der Waals surface area (Å²) in [5, 5.41) is 2.95. The first kappa shape index (κ1) is 30.0. The standard InChI is InChI=1S/C40H30N4O5/c45-36(31-13-5-4-12-30(31)25-10-2-1-3-11-25)41-27-20-18-26(19-21-27)37(46)43-23-28-22-29(24-42(28)38(47)34-16-8-9-17-35(34)43)44-39(48)32-14-6-7-15-33(32)40(44)49/h1-21,28-29H,22-24H2,(H,41,45)/t28-,29+/m1/s1. The van der Waals surface area contributed by atoms with Crippen LogP contribution in [0.25, 0.3) is 11.1 Å². The van der Waals surface area contributed by atoms with Crippen molar-refractivity contribution in [3.63, 3.8) is 0 Å². The molecule has 0 bridgehead atoms. The van der Waals surface area contributed by atoms with Crippen LogP contribution in [0, 0.1) is 0 Å². The van der Waals surface area contributed by atoms with Gasteiger partial charge in [0.1, 0.15) is 0 Å². The average Bonchev–Trinajstić information content (AvgIpc) is 3.64. The van der Waals surface area contributed by atoms with Crippen LogP contribution >= 0.6 is 0 Å². The molecule has 3 aliphatic heterocycles. The van der Waals surface area contributed by atoms with Gasteiger partial charge in [0.2, 0.25) is 0 Å². The molecule has 5 aromatic carbocycles. The number of nitrogens with zero attached hydrogens (tertiary/aromatic N) is 3. The fourth-order valence-corrected chi connectivity index (χ4v) is 7.19. The summed E-state index contributed by atoms with van der Waals surface area (Å²) in [5.74, 6) is -1.55. The Bertz CT molecular complexity index is 2130. The molecule has 0 radical (unpaired) electrons. The minimum atomic E-state index is -0.515. The van der Waals surface area contributed by atoms with Gasteiger partial charge in [0.15, 0.2) is 0 Å². The Kier molecular flexibility index (Phi) is 7.37. The second-order valence-corrected chi connectivity index (χ2v) is 12.4. The molecule has 0 aliphatic carbocycles. The average molecular weight is 647 g/mol. The van der Waals surface area contributed by atoms with E-state index in [2.05, 4.69) is 5.32 Å². The highest BCUT2D eigenvalue weighted by Crippen LogP contribution is 2.36. The lowest BCUT2D eigenvalue weighted by atomic mass is 9.99. The third-order valence-electron chi connectivity index (χ3n) is 9.55. The van der Waals surface area contributed by atoms with Crippen molar-refractivity contribution >= 4 is 40.9 Å². The molecule has 3 aliphatic rings. The molecular weight excluding hydrogens is 616 g/mol. The summed E-state index contributed by atoms with van der Waals surface area (Å²) in [6.07, 6.45) is 0.352. The number of benzene rings is 5. The Hall–Kier alpha value is -6.35. The second-order valence-electron chi connectivity index (χ2n) is 12.4. The summed E-state index contributed by atoms with van der Waals surface area (Å²) in [7, 11) is 0. The van der Waals surface area contributed by atoms with Crippen LogP contribution in [-0.4, -0.2) is 64.5 Å². The molecule has 5 amide bonds. The lowest BCUT2D eigenvalue weighted by Gasteiger charge is -2.26. The van der Waals surface area contributed by atoms with E-state index in [1.165, 1.54) is 4.90 Å². The zero-order valence-corrected chi connectivity index (χ0v) is 26.3. The van der Waals surface area contributed by atoms with Gasteiger partial charge in [0.05, 0.1) is 34.5 Å². The van der Waals surface area contributed by atoms with Gasteiger partial charge < -0.3 is 15.1 Å². The van der Waals surface area contributed by atoms with Crippen LogP contribution in [0.3, 0.4) is 0 Å². The lowest BCUT2D eigenvalue weighted by Crippen LogP contribution is -2.42. The summed E-state index contributed by atoms with van der Waals surface area (Å²) in [5.41, 5.74) is 4.79. The molecule has 1 fully saturated rings. The number of nitrogens with one attached hydrogen (secondary N) is 1. The quantitative estimate of drug-likeness (QED) is 0.231. The van der Waals surface area contributed by atoms with E-state index < -0.39 is 12.1 Å². The van der Waals surface area contributed by atoms with Crippen LogP contribution < -0.4 is 10.2 Å². The number of hydrogen-bond acceptors (Lipinski definition) is 5. The fraction of sp³-hybridized carbons (Fsp3) is 0.125. The molecule has 5 aromatic rings. The number of fused-ring (bicyclic) bond motifs is 3. The zero-order chi connectivity index (χ0) is 33.6. The zero-order valence-electron chi connectivity index (χ0n) is 26.3. The predicted molar refractivity (Wildman–Crippen MR) is 185 cm³/mol. The van der Waals surface area contributed by atoms with E-state index in [-0.39, 0.29) is 42.6 Å². The summed E-state index contributed by atoms with van der Waals surface area (Å²) < 4.78 is 0. The Labute approximate surface area is 282 Å². The van der Waals surface area contributed by atoms with Gasteiger partial charge in [-0.25, -0.2) is 0 Å². The van der Waals surface area contributed by atoms with Crippen molar-refractivity contribution in [2.75, 3.05) is 23.3 Å². The first-order valence-corrected chi connectivity index (χ1v) is 16.1. The van der Waals surface area contributed by atoms with Crippen molar-refractivity contribution < 1.29 is 24.0 Å². The monoisotopic (exact) mass is 646 g/mol. The number of rotatable bonds is 5. The summed E-state index contributed by atoms with van der Waals surface area (Å²) >= 11 is 0. The smallest absolute Gasteiger partial charge is 0.261 e. The maximum absolute atomic E-state index is 14.1. The van der Waals surface area contributed by atoms with E-state index in [1.54, 1.807) is 88.7 Å². The largest absolute Gasteiger partial charge is 0.332 e. The van der Waals surface area contributed by atoms with Gasteiger partial charge in [-0.05, 0) is 72.1 Å². The maximum Gasteiger partial charge on any atom is 0.261 e. The van der Waals surface area contributed by atoms with E-state index in [9.17, 15) is 24.0 Å². The number of carbonyl (C=O) groups excluding carboxylic acids is 5. The van der Waals surface area contributed by atoms with Gasteiger partial charge in [-0.2, -0.15) is 0 Å². The molecule has 1 N–H and O–H groups in total. The number of amides is 5. The van der Waals surface area contributed by atoms with Crippen molar-refractivity contribution in [1.82, 2.24) is 9.80 Å². The van der Waals surface area contributed by atoms with Crippen LogP contribution in [0.1, 0.15) is 58.2 Å². The molecule has 2 atom stereocenters. The van der Waals surface area contributed by atoms with Crippen LogP contribution in [0.4, 0.5) is 11.4 Å². The number of para-hydroxylation sites is 1. The summed E-state index contributed by atoms with van der Waals surface area (Å²) in [6, 6.07) is 36.6. The van der Waals surface area contributed by atoms with E-state index in [1.807, 2.05) is 48.5 Å². The second kappa shape index (κ2) is 12.0. The topological polar surface area (TPSA) is 107 Å². The maximum atomic E-state index is 14.1. The van der Waals surface area contributed by atoms with Crippen LogP contribution in [0.2, 0.25) is 0 Å². The highest BCUT2D eigenvalue weighted by Gasteiger charge is 2.48. The molecule has 49 heavy (non-hydrogen) atoms. The number of anilines is 2. The molecule has 0 aromatic heterocycles. The molecule has 0 unspecified atom stereocenters. The number of carbonyl (C=O) groups is 5. The SMILES string of the molecule is O=C(Nc1ccc(C(=O)N2C[C@H]3C[C@H](N4C(=O)c5ccccc5C4=O)CN3C(=O)c3ccccc32)cc1)c1ccccc1-c1ccccc1. The lowest BCUT2D eigenvalue weighted by molar-refractivity contribution is 0.0573. The minimum absolute atomic E-state index is 0.188. The molecule has 0 spiro atoms. The van der Waals surface area contributed by atoms with E-state index in [0.29, 0.717) is 45.6 Å². The third-order valence-corrected chi connectivity index (χ3v) is 9.55. The van der Waals surface area contributed by atoms with Gasteiger partial charge in [0.25, 0.3) is 29.5 Å². The number of imide groups is 1. The molecule has 8 rings (SSSR count). The van der Waals surface area contributed by atoms with Gasteiger partial charge in [0, 0.05) is 29.9 Å². The molecule has 0 saturated carbocycles. The van der Waals surface area contributed by atoms with Crippen molar-refractivity contribution in [3.05, 3.63) is 155 Å². The van der Waals surface area contributed by atoms with Crippen molar-refractivity contribution in [2.24, 2.45) is 0 Å². The Balaban J connectivity index is 1.03. The van der Waals surface area contributed by atoms with Gasteiger partial charge in [-0.15, -0.1) is 0 Å². The Morgan fingerprint density at radius 2 is 1.16 bits per heavy atom. The molecule has 3 heterocycles. The summed E-state index contributed by atoms with van der Waals surface area (Å²) in [4.78, 5) is 72.5. The van der Waals surface area contributed by atoms with E-state index in [0.717, 1.165) is 11.1 Å². The first-order chi connectivity index (χ1) is 23.9. The van der Waals surface area contributed by atoms with E-state index >= 15 is 0 Å². The normalized spacial score (nSPS) is 18.1. The van der Waals surface area contributed by atoms with Crippen LogP contribution in [0.5, 0.6) is 0 Å². The van der Waals surface area contributed by atoms with Gasteiger partial charge in [-0.1, -0.05) is 72.8 Å². The van der Waals surface area contributed by atoms with Crippen molar-refractivity contribution in [2.45, 2.75) is 18.5 Å². The third kappa shape index (κ3) is 5.16. The summed E-state index contributed by atoms with van der Waals surface area (Å²) in [6.45, 7) is 0.378. The molecule has 240 valence electrons. The Morgan fingerprint density at radius 1 is 0.571 bits per heavy atom. The van der Waals surface area contributed by atoms with Crippen LogP contribution in [-0.2, 0) is 0 Å². The van der Waals surface area contributed by atoms with Crippen molar-refractivity contribution in [3.8, 4) is 11.1 Å². The Morgan fingerprint density at radius 3 is 1.86 bits per heavy atom. The van der Waals surface area contributed by atoms with Gasteiger partial charge >= 0.3 is 0 Å². The molecule has 1 saturated heterocycles. The highest BCUT2D eigenvalue weighted by atomic mass is 16.2. The fourth-order valence-electron chi connectivity index (χ4n) is 7.19. The molecular formula is C40H30N4O5. The first-order valence-electron chi connectivity index (χ1n) is 16.1. The predicted octanol–water partition coefficient (Wildman–Crippen LogP) is 6.15.